The molecule has 8 heteroatoms. The van der Waals surface area contributed by atoms with Crippen LogP contribution in [0, 0.1) is 11.8 Å². The molecule has 0 saturated carbocycles. The molecule has 0 unspecified atom stereocenters. The van der Waals surface area contributed by atoms with Gasteiger partial charge < -0.3 is 4.90 Å². The maximum Gasteiger partial charge on any atom is 0.247 e. The highest BCUT2D eigenvalue weighted by molar-refractivity contribution is 7.91. The lowest BCUT2D eigenvalue weighted by molar-refractivity contribution is -0.143. The highest BCUT2D eigenvalue weighted by Crippen LogP contribution is 2.35. The van der Waals surface area contributed by atoms with Crippen molar-refractivity contribution in [1.82, 2.24) is 4.90 Å². The first-order valence-corrected chi connectivity index (χ1v) is 11.3. The van der Waals surface area contributed by atoms with Crippen LogP contribution in [0.4, 0.5) is 5.69 Å². The molecule has 0 radical (unpaired) electrons. The summed E-state index contributed by atoms with van der Waals surface area (Å²) in [5, 5.41) is 0. The lowest BCUT2D eigenvalue weighted by Crippen LogP contribution is -2.48. The molecule has 2 aliphatic heterocycles. The van der Waals surface area contributed by atoms with Gasteiger partial charge in [0.25, 0.3) is 0 Å². The fourth-order valence-corrected chi connectivity index (χ4v) is 6.06. The number of nitrogens with zero attached hydrogens (tertiary/aromatic N) is 2. The Labute approximate surface area is 163 Å². The number of allylic oxidation sites excluding steroid dienone is 2. The number of imide groups is 1. The normalized spacial score (nSPS) is 28.4. The van der Waals surface area contributed by atoms with Gasteiger partial charge in [-0.2, -0.15) is 0 Å². The Balaban J connectivity index is 1.58. The zero-order valence-corrected chi connectivity index (χ0v) is 16.2. The maximum atomic E-state index is 13.2. The van der Waals surface area contributed by atoms with E-state index in [0.717, 1.165) is 4.90 Å². The second-order valence-corrected chi connectivity index (χ2v) is 9.80. The summed E-state index contributed by atoms with van der Waals surface area (Å²) >= 11 is 0. The van der Waals surface area contributed by atoms with Crippen LogP contribution in [0.25, 0.3) is 0 Å². The standard InChI is InChI=1S/C20H22N2O5S/c23-18(12-21-19(24)16-8-4-5-9-17(16)20(21)25)22(14-6-2-1-3-7-14)15-10-11-28(26,27)13-15/h1-7,15-17H,8-13H2/t15-,16+,17+/m0/s1. The summed E-state index contributed by atoms with van der Waals surface area (Å²) < 4.78 is 23.9. The second kappa shape index (κ2) is 7.16. The molecule has 2 heterocycles. The summed E-state index contributed by atoms with van der Waals surface area (Å²) in [6, 6.07) is 8.33. The number of carbonyl (C=O) groups excluding carboxylic acids is 3. The molecule has 0 spiro atoms. The van der Waals surface area contributed by atoms with E-state index in [1.54, 1.807) is 24.3 Å². The van der Waals surface area contributed by atoms with Crippen molar-refractivity contribution in [3.8, 4) is 0 Å². The van der Waals surface area contributed by atoms with Gasteiger partial charge in [0.1, 0.15) is 6.54 Å². The topological polar surface area (TPSA) is 91.8 Å². The molecular weight excluding hydrogens is 380 g/mol. The van der Waals surface area contributed by atoms with E-state index < -0.39 is 21.8 Å². The Kier molecular flexibility index (Phi) is 4.82. The Bertz CT molecular complexity index is 915. The third-order valence-corrected chi connectivity index (χ3v) is 7.52. The summed E-state index contributed by atoms with van der Waals surface area (Å²) in [5.41, 5.74) is 0.577. The summed E-state index contributed by atoms with van der Waals surface area (Å²) in [5.74, 6) is -1.89. The molecule has 1 aromatic carbocycles. The van der Waals surface area contributed by atoms with Crippen molar-refractivity contribution in [2.75, 3.05) is 23.0 Å². The Morgan fingerprint density at radius 2 is 1.64 bits per heavy atom. The molecule has 148 valence electrons. The highest BCUT2D eigenvalue weighted by atomic mass is 32.2. The van der Waals surface area contributed by atoms with Crippen molar-refractivity contribution in [3.63, 3.8) is 0 Å². The predicted octanol–water partition coefficient (Wildman–Crippen LogP) is 1.16. The molecule has 3 amide bonds. The summed E-state index contributed by atoms with van der Waals surface area (Å²) in [4.78, 5) is 41.0. The average Bonchev–Trinajstić information content (AvgIpc) is 3.15. The quantitative estimate of drug-likeness (QED) is 0.557. The van der Waals surface area contributed by atoms with Crippen molar-refractivity contribution in [3.05, 3.63) is 42.5 Å². The smallest absolute Gasteiger partial charge is 0.247 e. The van der Waals surface area contributed by atoms with Crippen molar-refractivity contribution < 1.29 is 22.8 Å². The van der Waals surface area contributed by atoms with E-state index in [4.69, 9.17) is 0 Å². The van der Waals surface area contributed by atoms with Gasteiger partial charge in [-0.15, -0.1) is 0 Å². The first-order chi connectivity index (χ1) is 13.4. The number of anilines is 1. The van der Waals surface area contributed by atoms with Crippen LogP contribution in [0.15, 0.2) is 42.5 Å². The number of rotatable bonds is 4. The number of hydrogen-bond donors (Lipinski definition) is 0. The number of fused-ring (bicyclic) bond motifs is 1. The van der Waals surface area contributed by atoms with Gasteiger partial charge in [0.05, 0.1) is 29.4 Å². The summed E-state index contributed by atoms with van der Waals surface area (Å²) in [6.45, 7) is -0.351. The molecule has 0 aromatic heterocycles. The Morgan fingerprint density at radius 1 is 1.04 bits per heavy atom. The average molecular weight is 402 g/mol. The van der Waals surface area contributed by atoms with Crippen molar-refractivity contribution in [1.29, 1.82) is 0 Å². The number of amides is 3. The number of carbonyl (C=O) groups is 3. The van der Waals surface area contributed by atoms with E-state index in [-0.39, 0.29) is 41.7 Å². The number of para-hydroxylation sites is 1. The van der Waals surface area contributed by atoms with E-state index in [9.17, 15) is 22.8 Å². The minimum absolute atomic E-state index is 0.0334. The van der Waals surface area contributed by atoms with E-state index >= 15 is 0 Å². The van der Waals surface area contributed by atoms with E-state index in [1.807, 2.05) is 18.2 Å². The van der Waals surface area contributed by atoms with Crippen LogP contribution in [0.3, 0.4) is 0 Å². The van der Waals surface area contributed by atoms with Crippen LogP contribution in [0.1, 0.15) is 19.3 Å². The summed E-state index contributed by atoms with van der Waals surface area (Å²) in [6.07, 6.45) is 5.18. The minimum Gasteiger partial charge on any atom is -0.307 e. The van der Waals surface area contributed by atoms with Gasteiger partial charge >= 0.3 is 0 Å². The van der Waals surface area contributed by atoms with Crippen LogP contribution >= 0.6 is 0 Å². The molecule has 1 aromatic rings. The number of benzene rings is 1. The van der Waals surface area contributed by atoms with Gasteiger partial charge in [-0.3, -0.25) is 19.3 Å². The molecule has 1 aliphatic carbocycles. The molecule has 2 saturated heterocycles. The third kappa shape index (κ3) is 3.37. The minimum atomic E-state index is -3.20. The first kappa shape index (κ1) is 18.9. The van der Waals surface area contributed by atoms with Crippen LogP contribution < -0.4 is 4.90 Å². The Morgan fingerprint density at radius 3 is 2.18 bits per heavy atom. The van der Waals surface area contributed by atoms with Crippen LogP contribution in [-0.4, -0.2) is 55.1 Å². The molecular formula is C20H22N2O5S. The molecule has 4 rings (SSSR count). The van der Waals surface area contributed by atoms with Crippen molar-refractivity contribution in [2.45, 2.75) is 25.3 Å². The van der Waals surface area contributed by atoms with Gasteiger partial charge in [-0.05, 0) is 31.4 Å². The molecule has 7 nitrogen and oxygen atoms in total. The fraction of sp³-hybridized carbons (Fsp3) is 0.450. The molecule has 2 fully saturated rings. The van der Waals surface area contributed by atoms with Gasteiger partial charge in [0, 0.05) is 5.69 Å². The van der Waals surface area contributed by atoms with Gasteiger partial charge in [0.15, 0.2) is 9.84 Å². The molecule has 3 aliphatic rings. The number of likely N-dealkylation sites (tertiary alicyclic amines) is 1. The molecule has 0 N–H and O–H groups in total. The highest BCUT2D eigenvalue weighted by Gasteiger charge is 2.48. The zero-order chi connectivity index (χ0) is 19.9. The molecule has 3 atom stereocenters. The summed E-state index contributed by atoms with van der Waals surface area (Å²) in [7, 11) is -3.20. The fourth-order valence-electron chi connectivity index (χ4n) is 4.36. The lowest BCUT2D eigenvalue weighted by Gasteiger charge is -2.30. The zero-order valence-electron chi connectivity index (χ0n) is 15.4. The second-order valence-electron chi connectivity index (χ2n) is 7.57. The molecule has 28 heavy (non-hydrogen) atoms. The van der Waals surface area contributed by atoms with E-state index in [2.05, 4.69) is 0 Å². The van der Waals surface area contributed by atoms with Crippen LogP contribution in [0.2, 0.25) is 0 Å². The van der Waals surface area contributed by atoms with E-state index in [1.165, 1.54) is 4.90 Å². The van der Waals surface area contributed by atoms with Crippen LogP contribution in [0.5, 0.6) is 0 Å². The predicted molar refractivity (Wildman–Crippen MR) is 103 cm³/mol. The van der Waals surface area contributed by atoms with Crippen LogP contribution in [-0.2, 0) is 24.2 Å². The van der Waals surface area contributed by atoms with Gasteiger partial charge in [0.2, 0.25) is 17.7 Å². The van der Waals surface area contributed by atoms with Crippen molar-refractivity contribution in [2.24, 2.45) is 11.8 Å². The lowest BCUT2D eigenvalue weighted by atomic mass is 9.85. The first-order valence-electron chi connectivity index (χ1n) is 9.45. The number of sulfone groups is 1. The van der Waals surface area contributed by atoms with Gasteiger partial charge in [-0.1, -0.05) is 30.4 Å². The third-order valence-electron chi connectivity index (χ3n) is 5.77. The van der Waals surface area contributed by atoms with E-state index in [0.29, 0.717) is 24.9 Å². The van der Waals surface area contributed by atoms with Gasteiger partial charge in [-0.25, -0.2) is 8.42 Å². The monoisotopic (exact) mass is 402 g/mol. The van der Waals surface area contributed by atoms with Crippen molar-refractivity contribution >= 4 is 33.2 Å². The SMILES string of the molecule is O=C1[C@@H]2CC=CC[C@H]2C(=O)N1CC(=O)N(c1ccccc1)[C@H]1CCS(=O)(=O)C1. The largest absolute Gasteiger partial charge is 0.307 e. The number of hydrogen-bond acceptors (Lipinski definition) is 5. The Hall–Kier alpha value is -2.48. The maximum absolute atomic E-state index is 13.2. The molecule has 0 bridgehead atoms.